The predicted octanol–water partition coefficient (Wildman–Crippen LogP) is 5.08. The lowest BCUT2D eigenvalue weighted by Gasteiger charge is -2.38. The fourth-order valence-corrected chi connectivity index (χ4v) is 5.16. The van der Waals surface area contributed by atoms with E-state index >= 15 is 0 Å². The Labute approximate surface area is 183 Å². The number of nitrogens with zero attached hydrogens (tertiary/aromatic N) is 6. The monoisotopic (exact) mass is 414 g/mol. The van der Waals surface area contributed by atoms with Crippen molar-refractivity contribution in [3.8, 4) is 5.69 Å². The van der Waals surface area contributed by atoms with Gasteiger partial charge in [0, 0.05) is 13.1 Å². The van der Waals surface area contributed by atoms with Crippen LogP contribution in [0.15, 0.2) is 42.7 Å². The number of aryl methyl sites for hydroxylation is 4. The van der Waals surface area contributed by atoms with Gasteiger partial charge in [-0.3, -0.25) is 0 Å². The van der Waals surface area contributed by atoms with Gasteiger partial charge in [0.2, 0.25) is 0 Å². The first-order chi connectivity index (χ1) is 14.9. The third-order valence-electron chi connectivity index (χ3n) is 6.92. The van der Waals surface area contributed by atoms with Crippen molar-refractivity contribution in [1.82, 2.24) is 24.5 Å². The van der Waals surface area contributed by atoms with Crippen molar-refractivity contribution in [2.24, 2.45) is 0 Å². The van der Waals surface area contributed by atoms with Crippen LogP contribution in [0.3, 0.4) is 0 Å². The van der Waals surface area contributed by atoms with Gasteiger partial charge in [0.05, 0.1) is 34.7 Å². The molecule has 5 rings (SSSR count). The summed E-state index contributed by atoms with van der Waals surface area (Å²) in [6, 6.07) is 10.9. The van der Waals surface area contributed by atoms with Crippen molar-refractivity contribution in [3.05, 3.63) is 65.2 Å². The molecule has 1 atom stereocenters. The average molecular weight is 415 g/mol. The van der Waals surface area contributed by atoms with Gasteiger partial charge >= 0.3 is 0 Å². The summed E-state index contributed by atoms with van der Waals surface area (Å²) in [5.41, 5.74) is 8.16. The molecule has 1 aliphatic rings. The minimum Gasteiger partial charge on any atom is -0.357 e. The van der Waals surface area contributed by atoms with Crippen molar-refractivity contribution in [3.63, 3.8) is 0 Å². The molecule has 2 aromatic carbocycles. The lowest BCUT2D eigenvalue weighted by atomic mass is 9.96. The van der Waals surface area contributed by atoms with Crippen LogP contribution in [0.2, 0.25) is 0 Å². The second-order valence-corrected chi connectivity index (χ2v) is 8.90. The first-order valence-corrected chi connectivity index (χ1v) is 11.2. The lowest BCUT2D eigenvalue weighted by Crippen LogP contribution is -2.42. The highest BCUT2D eigenvalue weighted by atomic mass is 15.5. The summed E-state index contributed by atoms with van der Waals surface area (Å²) >= 11 is 0. The van der Waals surface area contributed by atoms with Crippen LogP contribution >= 0.6 is 0 Å². The van der Waals surface area contributed by atoms with E-state index in [1.807, 2.05) is 0 Å². The Morgan fingerprint density at radius 2 is 1.74 bits per heavy atom. The Bertz CT molecular complexity index is 1250. The summed E-state index contributed by atoms with van der Waals surface area (Å²) in [5, 5.41) is 8.85. The molecule has 0 spiro atoms. The lowest BCUT2D eigenvalue weighted by molar-refractivity contribution is 0.439. The number of hydrogen-bond acceptors (Lipinski definition) is 4. The number of fused-ring (bicyclic) bond motifs is 1. The molecule has 31 heavy (non-hydrogen) atoms. The molecule has 0 amide bonds. The SMILES string of the molecule is CCn1c([C@]2(C)CCCN2c2c(C)cccc2-n2nccn2)nc2cc(C)c(C)cc21. The van der Waals surface area contributed by atoms with Crippen LogP contribution in [0.1, 0.15) is 49.2 Å². The smallest absolute Gasteiger partial charge is 0.135 e. The van der Waals surface area contributed by atoms with Crippen LogP contribution in [-0.2, 0) is 12.1 Å². The highest BCUT2D eigenvalue weighted by Gasteiger charge is 2.43. The molecule has 1 saturated heterocycles. The molecule has 0 unspecified atom stereocenters. The molecule has 1 fully saturated rings. The van der Waals surface area contributed by atoms with E-state index in [1.165, 1.54) is 27.9 Å². The molecule has 6 heteroatoms. The molecular weight excluding hydrogens is 384 g/mol. The molecule has 2 aromatic heterocycles. The summed E-state index contributed by atoms with van der Waals surface area (Å²) in [7, 11) is 0. The van der Waals surface area contributed by atoms with E-state index in [4.69, 9.17) is 4.98 Å². The van der Waals surface area contributed by atoms with Crippen LogP contribution in [0.5, 0.6) is 0 Å². The zero-order valence-electron chi connectivity index (χ0n) is 19.1. The zero-order chi connectivity index (χ0) is 21.8. The molecule has 0 saturated carbocycles. The molecule has 0 N–H and O–H groups in total. The number of para-hydroxylation sites is 1. The Hall–Kier alpha value is -3.15. The first kappa shape index (κ1) is 19.8. The third kappa shape index (κ3) is 2.96. The van der Waals surface area contributed by atoms with Gasteiger partial charge in [-0.05, 0) is 82.3 Å². The van der Waals surface area contributed by atoms with Gasteiger partial charge < -0.3 is 9.47 Å². The second kappa shape index (κ2) is 7.22. The van der Waals surface area contributed by atoms with Gasteiger partial charge in [0.25, 0.3) is 0 Å². The van der Waals surface area contributed by atoms with Crippen molar-refractivity contribution >= 4 is 16.7 Å². The maximum atomic E-state index is 5.22. The van der Waals surface area contributed by atoms with Crippen LogP contribution in [0, 0.1) is 20.8 Å². The first-order valence-electron chi connectivity index (χ1n) is 11.2. The van der Waals surface area contributed by atoms with Crippen molar-refractivity contribution in [2.45, 2.75) is 59.5 Å². The van der Waals surface area contributed by atoms with Crippen molar-refractivity contribution in [1.29, 1.82) is 0 Å². The van der Waals surface area contributed by atoms with Crippen molar-refractivity contribution < 1.29 is 0 Å². The van der Waals surface area contributed by atoms with E-state index in [2.05, 4.69) is 84.6 Å². The summed E-state index contributed by atoms with van der Waals surface area (Å²) < 4.78 is 2.41. The Balaban J connectivity index is 1.72. The summed E-state index contributed by atoms with van der Waals surface area (Å²) in [6.45, 7) is 13.0. The molecule has 4 aromatic rings. The highest BCUT2D eigenvalue weighted by molar-refractivity contribution is 5.79. The molecule has 6 nitrogen and oxygen atoms in total. The Morgan fingerprint density at radius 1 is 1.00 bits per heavy atom. The molecular formula is C25H30N6. The van der Waals surface area contributed by atoms with Gasteiger partial charge in [-0.1, -0.05) is 12.1 Å². The topological polar surface area (TPSA) is 51.8 Å². The normalized spacial score (nSPS) is 18.9. The van der Waals surface area contributed by atoms with Gasteiger partial charge in [-0.15, -0.1) is 4.80 Å². The minimum absolute atomic E-state index is 0.204. The van der Waals surface area contributed by atoms with Gasteiger partial charge in [0.15, 0.2) is 0 Å². The Morgan fingerprint density at radius 3 is 2.48 bits per heavy atom. The largest absolute Gasteiger partial charge is 0.357 e. The quantitative estimate of drug-likeness (QED) is 0.467. The molecule has 3 heterocycles. The van der Waals surface area contributed by atoms with Crippen LogP contribution < -0.4 is 4.90 Å². The number of hydrogen-bond donors (Lipinski definition) is 0. The van der Waals surface area contributed by atoms with E-state index in [0.717, 1.165) is 43.0 Å². The predicted molar refractivity (Wildman–Crippen MR) is 125 cm³/mol. The third-order valence-corrected chi connectivity index (χ3v) is 6.92. The minimum atomic E-state index is -0.204. The fraction of sp³-hybridized carbons (Fsp3) is 0.400. The molecule has 1 aliphatic heterocycles. The summed E-state index contributed by atoms with van der Waals surface area (Å²) in [4.78, 5) is 9.49. The summed E-state index contributed by atoms with van der Waals surface area (Å²) in [5.74, 6) is 1.15. The maximum absolute atomic E-state index is 5.22. The molecule has 0 radical (unpaired) electrons. The zero-order valence-corrected chi connectivity index (χ0v) is 19.1. The van der Waals surface area contributed by atoms with Crippen LogP contribution in [0.25, 0.3) is 16.7 Å². The van der Waals surface area contributed by atoms with E-state index in [9.17, 15) is 0 Å². The van der Waals surface area contributed by atoms with Gasteiger partial charge in [-0.25, -0.2) is 4.98 Å². The van der Waals surface area contributed by atoms with Gasteiger partial charge in [0.1, 0.15) is 11.5 Å². The number of aromatic nitrogens is 5. The van der Waals surface area contributed by atoms with E-state index < -0.39 is 0 Å². The fourth-order valence-electron chi connectivity index (χ4n) is 5.16. The molecule has 160 valence electrons. The number of anilines is 1. The van der Waals surface area contributed by atoms with E-state index in [-0.39, 0.29) is 5.54 Å². The Kier molecular flexibility index (Phi) is 4.61. The number of imidazole rings is 1. The molecule has 0 aliphatic carbocycles. The van der Waals surface area contributed by atoms with E-state index in [1.54, 1.807) is 17.2 Å². The van der Waals surface area contributed by atoms with Gasteiger partial charge in [-0.2, -0.15) is 10.2 Å². The standard InChI is InChI=1S/C25H30N6/c1-6-29-22-16-19(4)18(3)15-20(22)28-24(29)25(5)11-8-14-30(25)23-17(2)9-7-10-21(23)31-26-12-13-27-31/h7,9-10,12-13,15-16H,6,8,11,14H2,1-5H3/t25-/m0/s1. The number of rotatable bonds is 4. The number of benzene rings is 2. The van der Waals surface area contributed by atoms with Crippen LogP contribution in [0.4, 0.5) is 5.69 Å². The highest BCUT2D eigenvalue weighted by Crippen LogP contribution is 2.45. The van der Waals surface area contributed by atoms with Crippen LogP contribution in [-0.4, -0.2) is 31.1 Å². The molecule has 0 bridgehead atoms. The van der Waals surface area contributed by atoms with Crippen molar-refractivity contribution in [2.75, 3.05) is 11.4 Å². The average Bonchev–Trinajstić information content (AvgIpc) is 3.48. The van der Waals surface area contributed by atoms with E-state index in [0.29, 0.717) is 0 Å². The second-order valence-electron chi connectivity index (χ2n) is 8.90. The maximum Gasteiger partial charge on any atom is 0.135 e. The summed E-state index contributed by atoms with van der Waals surface area (Å²) in [6.07, 6.45) is 5.66.